The standard InChI is InChI=1S/C17H11FN2OS/c18-12-7-5-10(6-8-12)15-19-16-13(17(22)20-15)9-11-3-1-2-4-14(11)21-16/h1-8H,9H2,(H,19,20,22). The minimum Gasteiger partial charge on any atom is -0.440 e. The lowest BCUT2D eigenvalue weighted by Crippen LogP contribution is -2.07. The summed E-state index contributed by atoms with van der Waals surface area (Å²) in [6.07, 6.45) is 0.692. The molecule has 1 aromatic heterocycles. The van der Waals surface area contributed by atoms with Crippen LogP contribution in [0.25, 0.3) is 11.4 Å². The molecule has 0 saturated carbocycles. The Labute approximate surface area is 131 Å². The van der Waals surface area contributed by atoms with Gasteiger partial charge in [-0.1, -0.05) is 30.4 Å². The van der Waals surface area contributed by atoms with Crippen molar-refractivity contribution in [3.05, 3.63) is 70.1 Å². The van der Waals surface area contributed by atoms with Crippen LogP contribution in [0.15, 0.2) is 48.5 Å². The highest BCUT2D eigenvalue weighted by Crippen LogP contribution is 2.36. The van der Waals surface area contributed by atoms with Gasteiger partial charge in [-0.2, -0.15) is 0 Å². The summed E-state index contributed by atoms with van der Waals surface area (Å²) in [6, 6.07) is 13.9. The molecule has 0 bridgehead atoms. The minimum atomic E-state index is -0.287. The third kappa shape index (κ3) is 2.19. The molecule has 4 rings (SSSR count). The van der Waals surface area contributed by atoms with Crippen LogP contribution in [-0.2, 0) is 6.42 Å². The van der Waals surface area contributed by atoms with E-state index >= 15 is 0 Å². The zero-order chi connectivity index (χ0) is 15.1. The van der Waals surface area contributed by atoms with Gasteiger partial charge < -0.3 is 9.72 Å². The van der Waals surface area contributed by atoms with Gasteiger partial charge in [-0.25, -0.2) is 9.37 Å². The highest BCUT2D eigenvalue weighted by Gasteiger charge is 2.20. The van der Waals surface area contributed by atoms with Crippen LogP contribution in [-0.4, -0.2) is 9.97 Å². The normalized spacial score (nSPS) is 12.2. The molecular weight excluding hydrogens is 299 g/mol. The third-order valence-corrected chi connectivity index (χ3v) is 3.98. The van der Waals surface area contributed by atoms with E-state index in [0.717, 1.165) is 22.4 Å². The second-order valence-corrected chi connectivity index (χ2v) is 5.48. The van der Waals surface area contributed by atoms with Crippen LogP contribution in [0.3, 0.4) is 0 Å². The van der Waals surface area contributed by atoms with E-state index in [9.17, 15) is 4.39 Å². The van der Waals surface area contributed by atoms with Crippen LogP contribution < -0.4 is 4.74 Å². The number of hydrogen-bond donors (Lipinski definition) is 1. The lowest BCUT2D eigenvalue weighted by molar-refractivity contribution is 0.439. The molecule has 0 unspecified atom stereocenters. The first-order valence-electron chi connectivity index (χ1n) is 6.85. The molecule has 0 fully saturated rings. The molecule has 0 amide bonds. The summed E-state index contributed by atoms with van der Waals surface area (Å²) in [7, 11) is 0. The van der Waals surface area contributed by atoms with Gasteiger partial charge in [0.1, 0.15) is 22.0 Å². The highest BCUT2D eigenvalue weighted by atomic mass is 32.1. The van der Waals surface area contributed by atoms with Crippen LogP contribution in [0.1, 0.15) is 11.1 Å². The lowest BCUT2D eigenvalue weighted by Gasteiger charge is -2.20. The van der Waals surface area contributed by atoms with Gasteiger partial charge in [-0.05, 0) is 35.9 Å². The van der Waals surface area contributed by atoms with E-state index in [2.05, 4.69) is 9.97 Å². The number of para-hydroxylation sites is 1. The van der Waals surface area contributed by atoms with Crippen molar-refractivity contribution >= 4 is 12.2 Å². The monoisotopic (exact) mass is 310 g/mol. The molecule has 0 spiro atoms. The van der Waals surface area contributed by atoms with Gasteiger partial charge in [0.05, 0.1) is 5.56 Å². The van der Waals surface area contributed by atoms with Crippen molar-refractivity contribution in [1.82, 2.24) is 9.97 Å². The molecule has 3 nitrogen and oxygen atoms in total. The van der Waals surface area contributed by atoms with E-state index < -0.39 is 0 Å². The first-order valence-corrected chi connectivity index (χ1v) is 7.26. The maximum absolute atomic E-state index is 13.0. The van der Waals surface area contributed by atoms with Gasteiger partial charge in [0.25, 0.3) is 0 Å². The lowest BCUT2D eigenvalue weighted by atomic mass is 10.0. The molecule has 1 N–H and O–H groups in total. The predicted octanol–water partition coefficient (Wildman–Crippen LogP) is 4.64. The molecule has 0 radical (unpaired) electrons. The molecule has 1 aliphatic rings. The Kier molecular flexibility index (Phi) is 3.01. The van der Waals surface area contributed by atoms with Crippen LogP contribution in [0.2, 0.25) is 0 Å². The first kappa shape index (κ1) is 13.2. The summed E-state index contributed by atoms with van der Waals surface area (Å²) >= 11 is 5.40. The summed E-state index contributed by atoms with van der Waals surface area (Å²) in [5.41, 5.74) is 2.73. The van der Waals surface area contributed by atoms with Crippen molar-refractivity contribution in [3.63, 3.8) is 0 Å². The fourth-order valence-electron chi connectivity index (χ4n) is 2.51. The quantitative estimate of drug-likeness (QED) is 0.520. The largest absolute Gasteiger partial charge is 0.440 e. The Bertz CT molecular complexity index is 919. The van der Waals surface area contributed by atoms with E-state index in [4.69, 9.17) is 17.0 Å². The highest BCUT2D eigenvalue weighted by molar-refractivity contribution is 7.71. The van der Waals surface area contributed by atoms with Crippen molar-refractivity contribution in [2.45, 2.75) is 6.42 Å². The fraction of sp³-hybridized carbons (Fsp3) is 0.0588. The molecule has 2 heterocycles. The van der Waals surface area contributed by atoms with Gasteiger partial charge in [0.15, 0.2) is 0 Å². The van der Waals surface area contributed by atoms with Crippen molar-refractivity contribution in [3.8, 4) is 23.0 Å². The summed E-state index contributed by atoms with van der Waals surface area (Å²) in [5.74, 6) is 1.71. The molecule has 2 aromatic carbocycles. The van der Waals surface area contributed by atoms with E-state index in [1.807, 2.05) is 24.3 Å². The smallest absolute Gasteiger partial charge is 0.205 e. The Balaban J connectivity index is 1.82. The average molecular weight is 310 g/mol. The van der Waals surface area contributed by atoms with Gasteiger partial charge in [-0.3, -0.25) is 0 Å². The van der Waals surface area contributed by atoms with Crippen molar-refractivity contribution in [2.75, 3.05) is 0 Å². The molecule has 0 saturated heterocycles. The number of benzene rings is 2. The van der Waals surface area contributed by atoms with Gasteiger partial charge in [0, 0.05) is 12.0 Å². The van der Waals surface area contributed by atoms with Gasteiger partial charge in [0.2, 0.25) is 5.88 Å². The van der Waals surface area contributed by atoms with Crippen molar-refractivity contribution in [2.24, 2.45) is 0 Å². The number of nitrogens with zero attached hydrogens (tertiary/aromatic N) is 1. The Morgan fingerprint density at radius 2 is 1.86 bits per heavy atom. The molecule has 5 heteroatoms. The van der Waals surface area contributed by atoms with Crippen molar-refractivity contribution in [1.29, 1.82) is 0 Å². The molecular formula is C17H11FN2OS. The van der Waals surface area contributed by atoms with Crippen LogP contribution >= 0.6 is 12.2 Å². The number of aromatic nitrogens is 2. The molecule has 22 heavy (non-hydrogen) atoms. The fourth-order valence-corrected chi connectivity index (χ4v) is 2.77. The molecule has 0 aliphatic carbocycles. The Morgan fingerprint density at radius 3 is 2.68 bits per heavy atom. The zero-order valence-electron chi connectivity index (χ0n) is 11.5. The molecule has 0 atom stereocenters. The number of aromatic amines is 1. The third-order valence-electron chi connectivity index (χ3n) is 3.65. The SMILES string of the molecule is Fc1ccc(-c2nc(=S)c3c([nH]2)Oc2ccccc2C3)cc1. The number of H-pyrrole nitrogens is 1. The van der Waals surface area contributed by atoms with E-state index in [1.54, 1.807) is 12.1 Å². The maximum atomic E-state index is 13.0. The summed E-state index contributed by atoms with van der Waals surface area (Å²) in [5, 5.41) is 0. The number of hydrogen-bond acceptors (Lipinski definition) is 3. The second-order valence-electron chi connectivity index (χ2n) is 5.09. The summed E-state index contributed by atoms with van der Waals surface area (Å²) in [6.45, 7) is 0. The summed E-state index contributed by atoms with van der Waals surface area (Å²) < 4.78 is 19.5. The van der Waals surface area contributed by atoms with Gasteiger partial charge in [-0.15, -0.1) is 0 Å². The minimum absolute atomic E-state index is 0.287. The second kappa shape index (κ2) is 5.03. The van der Waals surface area contributed by atoms with Crippen LogP contribution in [0.4, 0.5) is 4.39 Å². The van der Waals surface area contributed by atoms with E-state index in [1.165, 1.54) is 12.1 Å². The zero-order valence-corrected chi connectivity index (χ0v) is 12.3. The summed E-state index contributed by atoms with van der Waals surface area (Å²) in [4.78, 5) is 7.58. The number of ether oxygens (including phenoxy) is 1. The molecule has 108 valence electrons. The predicted molar refractivity (Wildman–Crippen MR) is 84.1 cm³/mol. The van der Waals surface area contributed by atoms with Crippen LogP contribution in [0, 0.1) is 10.5 Å². The van der Waals surface area contributed by atoms with Gasteiger partial charge >= 0.3 is 0 Å². The number of halogens is 1. The Morgan fingerprint density at radius 1 is 1.09 bits per heavy atom. The topological polar surface area (TPSA) is 37.9 Å². The molecule has 3 aromatic rings. The number of fused-ring (bicyclic) bond motifs is 2. The average Bonchev–Trinajstić information content (AvgIpc) is 2.54. The maximum Gasteiger partial charge on any atom is 0.205 e. The first-order chi connectivity index (χ1) is 10.7. The van der Waals surface area contributed by atoms with Crippen LogP contribution in [0.5, 0.6) is 11.6 Å². The Hall–Kier alpha value is -2.53. The molecule has 1 aliphatic heterocycles. The van der Waals surface area contributed by atoms with E-state index in [-0.39, 0.29) is 5.82 Å². The van der Waals surface area contributed by atoms with E-state index in [0.29, 0.717) is 22.8 Å². The van der Waals surface area contributed by atoms with Crippen molar-refractivity contribution < 1.29 is 9.13 Å². The number of rotatable bonds is 1. The number of nitrogens with one attached hydrogen (secondary N) is 1.